The van der Waals surface area contributed by atoms with Crippen molar-refractivity contribution in [2.45, 2.75) is 25.7 Å². The minimum atomic E-state index is -0.961. The summed E-state index contributed by atoms with van der Waals surface area (Å²) < 4.78 is 39.0. The molecule has 0 aliphatic heterocycles. The highest BCUT2D eigenvalue weighted by Crippen LogP contribution is 2.43. The largest absolute Gasteiger partial charge is 0.468 e. The quantitative estimate of drug-likeness (QED) is 0.204. The smallest absolute Gasteiger partial charge is 0.317 e. The summed E-state index contributed by atoms with van der Waals surface area (Å²) in [5.41, 5.74) is 4.54. The molecular weight excluding hydrogens is 510 g/mol. The standard InChI is InChI=1S/C34H26F2O4/c1-39-31(37)19-11-9-17-25-26(18-10-12-20-32(38)40-2)34(24-15-7-4-8-16-24)28-22-30(36)29(35)21-27(28)33(25)23-13-5-3-6-14-23/h3-8,13-16,21-22H,17-20H2,1-2H3. The lowest BCUT2D eigenvalue weighted by Crippen LogP contribution is -2.04. The predicted molar refractivity (Wildman–Crippen MR) is 151 cm³/mol. The predicted octanol–water partition coefficient (Wildman–Crippen LogP) is 6.67. The van der Waals surface area contributed by atoms with Gasteiger partial charge in [-0.25, -0.2) is 8.78 Å². The minimum Gasteiger partial charge on any atom is -0.468 e. The molecule has 0 bridgehead atoms. The maximum Gasteiger partial charge on any atom is 0.317 e. The second kappa shape index (κ2) is 13.2. The molecular formula is C34H26F2O4. The summed E-state index contributed by atoms with van der Waals surface area (Å²) in [6.45, 7) is 0. The van der Waals surface area contributed by atoms with Crippen molar-refractivity contribution in [2.75, 3.05) is 14.2 Å². The molecule has 0 saturated heterocycles. The minimum absolute atomic E-state index is 0.0790. The topological polar surface area (TPSA) is 52.6 Å². The Morgan fingerprint density at radius 2 is 1.00 bits per heavy atom. The fourth-order valence-electron chi connectivity index (χ4n) is 4.56. The number of rotatable bonds is 6. The Balaban J connectivity index is 2.08. The number of hydrogen-bond donors (Lipinski definition) is 0. The lowest BCUT2D eigenvalue weighted by Gasteiger charge is -2.22. The van der Waals surface area contributed by atoms with Gasteiger partial charge in [-0.15, -0.1) is 0 Å². The number of fused-ring (bicyclic) bond motifs is 1. The van der Waals surface area contributed by atoms with Crippen LogP contribution in [0.1, 0.15) is 24.0 Å². The van der Waals surface area contributed by atoms with Crippen LogP contribution in [-0.4, -0.2) is 26.2 Å². The van der Waals surface area contributed by atoms with Gasteiger partial charge in [-0.05, 0) is 56.3 Å². The molecule has 0 aliphatic rings. The SMILES string of the molecule is COC(=O)CC#CCc1c(CC#CCC(=O)OC)c(-c2ccccc2)c2cc(F)c(F)cc2c1-c1ccccc1. The summed E-state index contributed by atoms with van der Waals surface area (Å²) >= 11 is 0. The molecule has 4 rings (SSSR count). The number of carbonyl (C=O) groups is 2. The van der Waals surface area contributed by atoms with Crippen LogP contribution in [0, 0.1) is 35.3 Å². The lowest BCUT2D eigenvalue weighted by atomic mass is 9.81. The Kier molecular flexibility index (Phi) is 9.28. The number of halogens is 2. The van der Waals surface area contributed by atoms with Gasteiger partial charge in [0, 0.05) is 12.8 Å². The van der Waals surface area contributed by atoms with Gasteiger partial charge in [0.05, 0.1) is 14.2 Å². The first-order valence-electron chi connectivity index (χ1n) is 12.6. The van der Waals surface area contributed by atoms with E-state index in [4.69, 9.17) is 9.47 Å². The van der Waals surface area contributed by atoms with Gasteiger partial charge in [0.2, 0.25) is 0 Å². The summed E-state index contributed by atoms with van der Waals surface area (Å²) in [5.74, 6) is 9.00. The highest BCUT2D eigenvalue weighted by molar-refractivity contribution is 6.08. The Labute approximate surface area is 231 Å². The van der Waals surface area contributed by atoms with E-state index < -0.39 is 23.6 Å². The zero-order chi connectivity index (χ0) is 28.5. The summed E-state index contributed by atoms with van der Waals surface area (Å²) in [6, 6.07) is 21.3. The first-order chi connectivity index (χ1) is 19.4. The van der Waals surface area contributed by atoms with Gasteiger partial charge in [-0.1, -0.05) is 84.3 Å². The molecule has 0 N–H and O–H groups in total. The van der Waals surface area contributed by atoms with Crippen molar-refractivity contribution in [3.8, 4) is 45.9 Å². The third-order valence-electron chi connectivity index (χ3n) is 6.39. The van der Waals surface area contributed by atoms with Crippen molar-refractivity contribution < 1.29 is 27.8 Å². The molecule has 0 unspecified atom stereocenters. The van der Waals surface area contributed by atoms with Crippen molar-refractivity contribution in [3.05, 3.63) is 95.6 Å². The molecule has 0 saturated carbocycles. The van der Waals surface area contributed by atoms with Crippen molar-refractivity contribution >= 4 is 22.7 Å². The number of ether oxygens (including phenoxy) is 2. The molecule has 40 heavy (non-hydrogen) atoms. The van der Waals surface area contributed by atoms with Crippen LogP contribution in [-0.2, 0) is 31.9 Å². The fraction of sp³-hybridized carbons (Fsp3) is 0.176. The zero-order valence-corrected chi connectivity index (χ0v) is 22.1. The van der Waals surface area contributed by atoms with Crippen LogP contribution < -0.4 is 0 Å². The number of carbonyl (C=O) groups excluding carboxylic acids is 2. The third-order valence-corrected chi connectivity index (χ3v) is 6.39. The fourth-order valence-corrected chi connectivity index (χ4v) is 4.56. The van der Waals surface area contributed by atoms with Crippen molar-refractivity contribution in [3.63, 3.8) is 0 Å². The Morgan fingerprint density at radius 1 is 0.625 bits per heavy atom. The van der Waals surface area contributed by atoms with Crippen molar-refractivity contribution in [1.82, 2.24) is 0 Å². The van der Waals surface area contributed by atoms with Gasteiger partial charge < -0.3 is 9.47 Å². The zero-order valence-electron chi connectivity index (χ0n) is 22.1. The van der Waals surface area contributed by atoms with E-state index in [9.17, 15) is 18.4 Å². The number of methoxy groups -OCH3 is 2. The Morgan fingerprint density at radius 3 is 1.35 bits per heavy atom. The second-order valence-electron chi connectivity index (χ2n) is 8.82. The van der Waals surface area contributed by atoms with E-state index in [-0.39, 0.29) is 25.7 Å². The van der Waals surface area contributed by atoms with Crippen LogP contribution in [0.3, 0.4) is 0 Å². The maximum absolute atomic E-state index is 14.8. The van der Waals surface area contributed by atoms with Crippen molar-refractivity contribution in [2.24, 2.45) is 0 Å². The number of benzene rings is 4. The number of esters is 2. The van der Waals surface area contributed by atoms with Crippen LogP contribution >= 0.6 is 0 Å². The molecule has 0 spiro atoms. The normalized spacial score (nSPS) is 10.2. The van der Waals surface area contributed by atoms with Gasteiger partial charge in [-0.2, -0.15) is 0 Å². The monoisotopic (exact) mass is 536 g/mol. The van der Waals surface area contributed by atoms with E-state index in [0.717, 1.165) is 22.3 Å². The van der Waals surface area contributed by atoms with Crippen LogP contribution in [0.15, 0.2) is 72.8 Å². The molecule has 0 atom stereocenters. The number of hydrogen-bond acceptors (Lipinski definition) is 4. The third kappa shape index (κ3) is 6.37. The molecule has 200 valence electrons. The molecule has 0 aliphatic carbocycles. The molecule has 4 aromatic rings. The van der Waals surface area contributed by atoms with Gasteiger partial charge in [0.1, 0.15) is 12.8 Å². The summed E-state index contributed by atoms with van der Waals surface area (Å²) in [4.78, 5) is 23.3. The van der Waals surface area contributed by atoms with Gasteiger partial charge >= 0.3 is 11.9 Å². The van der Waals surface area contributed by atoms with E-state index in [0.29, 0.717) is 21.9 Å². The van der Waals surface area contributed by atoms with Gasteiger partial charge in [0.15, 0.2) is 11.6 Å². The highest BCUT2D eigenvalue weighted by Gasteiger charge is 2.22. The first-order valence-corrected chi connectivity index (χ1v) is 12.6. The van der Waals surface area contributed by atoms with Crippen LogP contribution in [0.2, 0.25) is 0 Å². The molecule has 0 fully saturated rings. The first kappa shape index (κ1) is 28.1. The van der Waals surface area contributed by atoms with Crippen LogP contribution in [0.4, 0.5) is 8.78 Å². The Bertz CT molecular complexity index is 1550. The average Bonchev–Trinajstić information content (AvgIpc) is 2.98. The Hall–Kier alpha value is -4.94. The van der Waals surface area contributed by atoms with Crippen molar-refractivity contribution in [1.29, 1.82) is 0 Å². The van der Waals surface area contributed by atoms with Crippen LogP contribution in [0.25, 0.3) is 33.0 Å². The van der Waals surface area contributed by atoms with E-state index >= 15 is 0 Å². The summed E-state index contributed by atoms with van der Waals surface area (Å²) in [5, 5.41) is 1.06. The summed E-state index contributed by atoms with van der Waals surface area (Å²) in [6.07, 6.45) is 0.267. The van der Waals surface area contributed by atoms with Gasteiger partial charge in [-0.3, -0.25) is 9.59 Å². The molecule has 0 radical (unpaired) electrons. The van der Waals surface area contributed by atoms with E-state index in [1.165, 1.54) is 26.4 Å². The highest BCUT2D eigenvalue weighted by atomic mass is 19.2. The van der Waals surface area contributed by atoms with E-state index in [1.807, 2.05) is 60.7 Å². The van der Waals surface area contributed by atoms with E-state index in [1.54, 1.807) is 0 Å². The molecule has 0 amide bonds. The van der Waals surface area contributed by atoms with Gasteiger partial charge in [0.25, 0.3) is 0 Å². The summed E-state index contributed by atoms with van der Waals surface area (Å²) in [7, 11) is 2.59. The molecule has 0 aromatic heterocycles. The average molecular weight is 537 g/mol. The second-order valence-corrected chi connectivity index (χ2v) is 8.82. The molecule has 0 heterocycles. The molecule has 4 aromatic carbocycles. The lowest BCUT2D eigenvalue weighted by molar-refractivity contribution is -0.140. The maximum atomic E-state index is 14.8. The molecule has 6 heteroatoms. The van der Waals surface area contributed by atoms with E-state index in [2.05, 4.69) is 23.7 Å². The van der Waals surface area contributed by atoms with Crippen LogP contribution in [0.5, 0.6) is 0 Å². The molecule has 4 nitrogen and oxygen atoms in total.